The minimum absolute atomic E-state index is 0.0642. The van der Waals surface area contributed by atoms with Crippen LogP contribution in [0.1, 0.15) is 22.3 Å². The maximum absolute atomic E-state index is 12.3. The third-order valence-corrected chi connectivity index (χ3v) is 4.34. The molecule has 0 bridgehead atoms. The van der Waals surface area contributed by atoms with Crippen LogP contribution in [0.2, 0.25) is 0 Å². The van der Waals surface area contributed by atoms with Gasteiger partial charge in [-0.1, -0.05) is 72.3 Å². The smallest absolute Gasteiger partial charge is 0.262 e. The van der Waals surface area contributed by atoms with E-state index in [0.717, 1.165) is 22.4 Å². The van der Waals surface area contributed by atoms with Crippen LogP contribution in [0, 0.1) is 18.3 Å². The van der Waals surface area contributed by atoms with E-state index in [-0.39, 0.29) is 5.57 Å². The van der Waals surface area contributed by atoms with E-state index >= 15 is 0 Å². The lowest BCUT2D eigenvalue weighted by Crippen LogP contribution is -2.23. The fourth-order valence-corrected chi connectivity index (χ4v) is 2.82. The average molecular weight is 382 g/mol. The van der Waals surface area contributed by atoms with Gasteiger partial charge in [0.15, 0.2) is 0 Å². The molecule has 3 aromatic rings. The Kier molecular flexibility index (Phi) is 6.80. The highest BCUT2D eigenvalue weighted by Crippen LogP contribution is 2.16. The second-order valence-electron chi connectivity index (χ2n) is 6.68. The predicted molar refractivity (Wildman–Crippen MR) is 114 cm³/mol. The Bertz CT molecular complexity index is 1030. The molecule has 4 heteroatoms. The number of nitriles is 1. The van der Waals surface area contributed by atoms with E-state index in [9.17, 15) is 10.1 Å². The van der Waals surface area contributed by atoms with Gasteiger partial charge in [-0.05, 0) is 41.8 Å². The molecule has 0 saturated carbocycles. The van der Waals surface area contributed by atoms with Gasteiger partial charge in [0.05, 0.1) is 0 Å². The number of ether oxygens (including phenoxy) is 1. The number of aryl methyl sites for hydroxylation is 1. The molecule has 0 atom stereocenters. The maximum Gasteiger partial charge on any atom is 0.262 e. The minimum atomic E-state index is -0.392. The standard InChI is InChI=1S/C25H22N2O2/c1-19-6-5-9-22(14-19)18-29-24-12-10-20(11-13-24)15-23(16-26)25(28)27-17-21-7-3-2-4-8-21/h2-15H,17-18H2,1H3,(H,27,28)/b23-15-. The van der Waals surface area contributed by atoms with Crippen molar-refractivity contribution < 1.29 is 9.53 Å². The molecule has 0 heterocycles. The number of carbonyl (C=O) groups excluding carboxylic acids is 1. The van der Waals surface area contributed by atoms with E-state index in [1.165, 1.54) is 5.56 Å². The van der Waals surface area contributed by atoms with Crippen molar-refractivity contribution in [2.45, 2.75) is 20.1 Å². The Labute approximate surface area is 171 Å². The van der Waals surface area contributed by atoms with Gasteiger partial charge in [0.25, 0.3) is 5.91 Å². The number of hydrogen-bond acceptors (Lipinski definition) is 3. The van der Waals surface area contributed by atoms with Gasteiger partial charge in [-0.2, -0.15) is 5.26 Å². The average Bonchev–Trinajstić information content (AvgIpc) is 2.76. The van der Waals surface area contributed by atoms with E-state index in [4.69, 9.17) is 4.74 Å². The fraction of sp³-hybridized carbons (Fsp3) is 0.120. The number of carbonyl (C=O) groups is 1. The highest BCUT2D eigenvalue weighted by Gasteiger charge is 2.08. The summed E-state index contributed by atoms with van der Waals surface area (Å²) in [7, 11) is 0. The van der Waals surface area contributed by atoms with E-state index in [0.29, 0.717) is 13.2 Å². The molecule has 4 nitrogen and oxygen atoms in total. The highest BCUT2D eigenvalue weighted by molar-refractivity contribution is 6.01. The number of nitrogens with zero attached hydrogens (tertiary/aromatic N) is 1. The first-order valence-corrected chi connectivity index (χ1v) is 9.36. The molecule has 0 aliphatic carbocycles. The zero-order chi connectivity index (χ0) is 20.5. The lowest BCUT2D eigenvalue weighted by atomic mass is 10.1. The summed E-state index contributed by atoms with van der Waals surface area (Å²) in [6, 6.07) is 27.0. The van der Waals surface area contributed by atoms with Crippen molar-refractivity contribution in [1.82, 2.24) is 5.32 Å². The molecule has 144 valence electrons. The molecule has 1 amide bonds. The predicted octanol–water partition coefficient (Wildman–Crippen LogP) is 4.80. The maximum atomic E-state index is 12.3. The molecular formula is C25H22N2O2. The van der Waals surface area contributed by atoms with Gasteiger partial charge in [0.2, 0.25) is 0 Å². The molecule has 0 aliphatic heterocycles. The number of rotatable bonds is 7. The molecule has 0 radical (unpaired) electrons. The van der Waals surface area contributed by atoms with Crippen LogP contribution in [0.5, 0.6) is 5.75 Å². The SMILES string of the molecule is Cc1cccc(COc2ccc(/C=C(/C#N)C(=O)NCc3ccccc3)cc2)c1. The van der Waals surface area contributed by atoms with Crippen molar-refractivity contribution in [3.63, 3.8) is 0 Å². The summed E-state index contributed by atoms with van der Waals surface area (Å²) in [6.45, 7) is 2.92. The van der Waals surface area contributed by atoms with E-state index in [1.54, 1.807) is 6.08 Å². The number of nitrogens with one attached hydrogen (secondary N) is 1. The molecule has 0 unspecified atom stereocenters. The van der Waals surface area contributed by atoms with Crippen LogP contribution in [0.3, 0.4) is 0 Å². The summed E-state index contributed by atoms with van der Waals surface area (Å²) >= 11 is 0. The summed E-state index contributed by atoms with van der Waals surface area (Å²) in [6.07, 6.45) is 1.57. The summed E-state index contributed by atoms with van der Waals surface area (Å²) in [5, 5.41) is 12.1. The molecule has 29 heavy (non-hydrogen) atoms. The first-order valence-electron chi connectivity index (χ1n) is 9.36. The van der Waals surface area contributed by atoms with Crippen molar-refractivity contribution in [1.29, 1.82) is 5.26 Å². The Balaban J connectivity index is 1.59. The largest absolute Gasteiger partial charge is 0.489 e. The molecule has 1 N–H and O–H groups in total. The van der Waals surface area contributed by atoms with Crippen molar-refractivity contribution in [2.24, 2.45) is 0 Å². The first kappa shape index (κ1) is 19.9. The normalized spacial score (nSPS) is 10.8. The second kappa shape index (κ2) is 9.91. The van der Waals surface area contributed by atoms with Crippen LogP contribution in [0.25, 0.3) is 6.08 Å². The Morgan fingerprint density at radius 2 is 1.72 bits per heavy atom. The Morgan fingerprint density at radius 3 is 2.41 bits per heavy atom. The Hall–Kier alpha value is -3.84. The molecule has 0 saturated heterocycles. The molecular weight excluding hydrogens is 360 g/mol. The minimum Gasteiger partial charge on any atom is -0.489 e. The highest BCUT2D eigenvalue weighted by atomic mass is 16.5. The van der Waals surface area contributed by atoms with Crippen LogP contribution >= 0.6 is 0 Å². The van der Waals surface area contributed by atoms with Crippen LogP contribution in [-0.4, -0.2) is 5.91 Å². The van der Waals surface area contributed by atoms with Gasteiger partial charge < -0.3 is 10.1 Å². The lowest BCUT2D eigenvalue weighted by Gasteiger charge is -2.07. The van der Waals surface area contributed by atoms with Gasteiger partial charge >= 0.3 is 0 Å². The zero-order valence-corrected chi connectivity index (χ0v) is 16.3. The number of amides is 1. The zero-order valence-electron chi connectivity index (χ0n) is 16.3. The molecule has 0 aliphatic rings. The van der Waals surface area contributed by atoms with Crippen molar-refractivity contribution >= 4 is 12.0 Å². The summed E-state index contributed by atoms with van der Waals surface area (Å²) in [5.74, 6) is 0.340. The summed E-state index contributed by atoms with van der Waals surface area (Å²) in [5.41, 5.74) is 4.11. The van der Waals surface area contributed by atoms with Crippen LogP contribution in [0.4, 0.5) is 0 Å². The molecule has 3 rings (SSSR count). The number of hydrogen-bond donors (Lipinski definition) is 1. The van der Waals surface area contributed by atoms with Gasteiger partial charge in [-0.15, -0.1) is 0 Å². The molecule has 0 spiro atoms. The fourth-order valence-electron chi connectivity index (χ4n) is 2.82. The third-order valence-electron chi connectivity index (χ3n) is 4.34. The quantitative estimate of drug-likeness (QED) is 0.472. The van der Waals surface area contributed by atoms with Crippen LogP contribution in [0.15, 0.2) is 84.4 Å². The van der Waals surface area contributed by atoms with Crippen LogP contribution < -0.4 is 10.1 Å². The summed E-state index contributed by atoms with van der Waals surface area (Å²) < 4.78 is 5.80. The molecule has 3 aromatic carbocycles. The molecule has 0 fully saturated rings. The topological polar surface area (TPSA) is 62.1 Å². The second-order valence-corrected chi connectivity index (χ2v) is 6.68. The van der Waals surface area contributed by atoms with Crippen LogP contribution in [-0.2, 0) is 17.9 Å². The van der Waals surface area contributed by atoms with E-state index < -0.39 is 5.91 Å². The number of benzene rings is 3. The molecule has 0 aromatic heterocycles. The van der Waals surface area contributed by atoms with Gasteiger partial charge in [-0.25, -0.2) is 0 Å². The van der Waals surface area contributed by atoms with E-state index in [2.05, 4.69) is 11.4 Å². The monoisotopic (exact) mass is 382 g/mol. The van der Waals surface area contributed by atoms with Gasteiger partial charge in [-0.3, -0.25) is 4.79 Å². The Morgan fingerprint density at radius 1 is 1.00 bits per heavy atom. The lowest BCUT2D eigenvalue weighted by molar-refractivity contribution is -0.117. The third kappa shape index (κ3) is 6.08. The van der Waals surface area contributed by atoms with E-state index in [1.807, 2.05) is 85.8 Å². The van der Waals surface area contributed by atoms with Gasteiger partial charge in [0, 0.05) is 6.54 Å². The van der Waals surface area contributed by atoms with Crippen molar-refractivity contribution in [3.05, 3.63) is 107 Å². The first-order chi connectivity index (χ1) is 14.1. The summed E-state index contributed by atoms with van der Waals surface area (Å²) in [4.78, 5) is 12.3. The van der Waals surface area contributed by atoms with Crippen molar-refractivity contribution in [2.75, 3.05) is 0 Å². The van der Waals surface area contributed by atoms with Gasteiger partial charge in [0.1, 0.15) is 24.0 Å². The van der Waals surface area contributed by atoms with Crippen molar-refractivity contribution in [3.8, 4) is 11.8 Å².